The highest BCUT2D eigenvalue weighted by Crippen LogP contribution is 2.61. The minimum absolute atomic E-state index is 0.350. The molecule has 27 heavy (non-hydrogen) atoms. The van der Waals surface area contributed by atoms with Crippen molar-refractivity contribution >= 4 is 17.3 Å². The predicted octanol–water partition coefficient (Wildman–Crippen LogP) is 3.44. The van der Waals surface area contributed by atoms with Gasteiger partial charge in [-0.25, -0.2) is 0 Å². The zero-order chi connectivity index (χ0) is 18.6. The van der Waals surface area contributed by atoms with E-state index < -0.39 is 17.2 Å². The zero-order valence-electron chi connectivity index (χ0n) is 15.0. The van der Waals surface area contributed by atoms with Gasteiger partial charge in [-0.2, -0.15) is 0 Å². The molecule has 3 aromatic rings. The van der Waals surface area contributed by atoms with E-state index in [-0.39, 0.29) is 5.91 Å². The van der Waals surface area contributed by atoms with Gasteiger partial charge in [0.2, 0.25) is 0 Å². The second-order valence-electron chi connectivity index (χ2n) is 7.36. The Morgan fingerprint density at radius 2 is 1.48 bits per heavy atom. The minimum Gasteiger partial charge on any atom is -0.382 e. The Labute approximate surface area is 158 Å². The lowest BCUT2D eigenvalue weighted by molar-refractivity contribution is -0.127. The quantitative estimate of drug-likeness (QED) is 0.740. The Balaban J connectivity index is 1.90. The zero-order valence-corrected chi connectivity index (χ0v) is 15.0. The van der Waals surface area contributed by atoms with Crippen LogP contribution in [0.15, 0.2) is 84.9 Å². The Kier molecular flexibility index (Phi) is 3.24. The second kappa shape index (κ2) is 5.44. The summed E-state index contributed by atoms with van der Waals surface area (Å²) in [5.74, 6) is -0.350. The smallest absolute Gasteiger partial charge is 0.252 e. The van der Waals surface area contributed by atoms with E-state index in [1.54, 1.807) is 0 Å². The number of aliphatic hydroxyl groups is 1. The van der Waals surface area contributed by atoms with E-state index in [0.717, 1.165) is 22.5 Å². The van der Waals surface area contributed by atoms with E-state index in [1.807, 2.05) is 85.8 Å². The Hall–Kier alpha value is -3.11. The highest BCUT2D eigenvalue weighted by atomic mass is 16.3. The number of amides is 1. The molecule has 5 rings (SSSR count). The van der Waals surface area contributed by atoms with Gasteiger partial charge in [-0.05, 0) is 36.2 Å². The van der Waals surface area contributed by atoms with Crippen molar-refractivity contribution in [1.82, 2.24) is 5.32 Å². The number of carbonyl (C=O) groups is 1. The van der Waals surface area contributed by atoms with Crippen molar-refractivity contribution in [2.45, 2.75) is 24.1 Å². The molecule has 0 aliphatic carbocycles. The van der Waals surface area contributed by atoms with Crippen LogP contribution in [0.5, 0.6) is 0 Å². The van der Waals surface area contributed by atoms with Crippen molar-refractivity contribution in [1.29, 1.82) is 0 Å². The first-order valence-electron chi connectivity index (χ1n) is 9.11. The minimum atomic E-state index is -1.15. The van der Waals surface area contributed by atoms with Crippen LogP contribution < -0.4 is 10.2 Å². The molecule has 2 heterocycles. The largest absolute Gasteiger partial charge is 0.382 e. The molecular formula is C23H20N2O2. The summed E-state index contributed by atoms with van der Waals surface area (Å²) in [6.45, 7) is 1.98. The Morgan fingerprint density at radius 3 is 2.19 bits per heavy atom. The van der Waals surface area contributed by atoms with Crippen LogP contribution in [0, 0.1) is 0 Å². The summed E-state index contributed by atoms with van der Waals surface area (Å²) in [5, 5.41) is 14.2. The third-order valence-electron chi connectivity index (χ3n) is 6.10. The summed E-state index contributed by atoms with van der Waals surface area (Å²) in [7, 11) is 0. The monoisotopic (exact) mass is 356 g/mol. The fraction of sp³-hybridized carbons (Fsp3) is 0.174. The molecule has 4 nitrogen and oxygen atoms in total. The molecule has 0 aromatic heterocycles. The van der Waals surface area contributed by atoms with Gasteiger partial charge in [0, 0.05) is 11.4 Å². The molecule has 134 valence electrons. The molecule has 1 fully saturated rings. The molecule has 0 bridgehead atoms. The number of hydrogen-bond donors (Lipinski definition) is 2. The molecule has 3 atom stereocenters. The first kappa shape index (κ1) is 16.1. The van der Waals surface area contributed by atoms with E-state index in [2.05, 4.69) is 16.3 Å². The van der Waals surface area contributed by atoms with E-state index in [0.29, 0.717) is 0 Å². The van der Waals surface area contributed by atoms with E-state index >= 15 is 0 Å². The first-order valence-corrected chi connectivity index (χ1v) is 9.11. The number of aliphatic hydroxyl groups excluding tert-OH is 1. The average Bonchev–Trinajstić information content (AvgIpc) is 3.07. The van der Waals surface area contributed by atoms with Gasteiger partial charge < -0.3 is 15.3 Å². The van der Waals surface area contributed by atoms with Crippen molar-refractivity contribution in [3.63, 3.8) is 0 Å². The first-order chi connectivity index (χ1) is 13.1. The molecule has 0 spiro atoms. The van der Waals surface area contributed by atoms with Gasteiger partial charge in [0.15, 0.2) is 5.66 Å². The fourth-order valence-corrected chi connectivity index (χ4v) is 4.85. The van der Waals surface area contributed by atoms with Crippen LogP contribution in [0.2, 0.25) is 0 Å². The molecule has 2 aliphatic heterocycles. The molecule has 0 unspecified atom stereocenters. The summed E-state index contributed by atoms with van der Waals surface area (Å²) in [6.07, 6.45) is -1.15. The number of nitrogens with one attached hydrogen (secondary N) is 1. The van der Waals surface area contributed by atoms with Crippen LogP contribution in [0.3, 0.4) is 0 Å². The standard InChI is InChI=1S/C23H20N2O2/c1-22-18-14-8-9-15-19(18)25(17-12-6-3-7-13-17)23(22,24-21(27)20(22)26)16-10-4-2-5-11-16/h2-15,20,26H,1H3,(H,24,27)/t20-,22+,23+/m0/s1. The topological polar surface area (TPSA) is 52.6 Å². The maximum absolute atomic E-state index is 12.8. The molecule has 2 N–H and O–H groups in total. The summed E-state index contributed by atoms with van der Waals surface area (Å²) in [6, 6.07) is 27.9. The Morgan fingerprint density at radius 1 is 0.889 bits per heavy atom. The number of para-hydroxylation sites is 2. The summed E-state index contributed by atoms with van der Waals surface area (Å²) in [4.78, 5) is 14.9. The van der Waals surface area contributed by atoms with Crippen LogP contribution in [0.4, 0.5) is 11.4 Å². The van der Waals surface area contributed by atoms with Crippen molar-refractivity contribution in [3.05, 3.63) is 96.1 Å². The van der Waals surface area contributed by atoms with Crippen molar-refractivity contribution in [3.8, 4) is 0 Å². The van der Waals surface area contributed by atoms with E-state index in [9.17, 15) is 9.90 Å². The maximum atomic E-state index is 12.8. The lowest BCUT2D eigenvalue weighted by Crippen LogP contribution is -2.58. The number of nitrogens with zero attached hydrogens (tertiary/aromatic N) is 1. The molecule has 3 aromatic carbocycles. The molecule has 0 radical (unpaired) electrons. The molecule has 0 saturated carbocycles. The predicted molar refractivity (Wildman–Crippen MR) is 105 cm³/mol. The van der Waals surface area contributed by atoms with Crippen molar-refractivity contribution in [2.24, 2.45) is 0 Å². The highest BCUT2D eigenvalue weighted by molar-refractivity contribution is 5.94. The number of carbonyl (C=O) groups excluding carboxylic acids is 1. The van der Waals surface area contributed by atoms with Gasteiger partial charge in [-0.15, -0.1) is 0 Å². The average molecular weight is 356 g/mol. The van der Waals surface area contributed by atoms with Crippen molar-refractivity contribution < 1.29 is 9.90 Å². The fourth-order valence-electron chi connectivity index (χ4n) is 4.85. The van der Waals surface area contributed by atoms with Gasteiger partial charge in [-0.1, -0.05) is 66.7 Å². The number of fused-ring (bicyclic) bond motifs is 3. The van der Waals surface area contributed by atoms with E-state index in [1.165, 1.54) is 0 Å². The number of anilines is 2. The highest BCUT2D eigenvalue weighted by Gasteiger charge is 2.70. The summed E-state index contributed by atoms with van der Waals surface area (Å²) >= 11 is 0. The van der Waals surface area contributed by atoms with Gasteiger partial charge in [-0.3, -0.25) is 4.79 Å². The normalized spacial score (nSPS) is 28.6. The van der Waals surface area contributed by atoms with Crippen LogP contribution in [-0.4, -0.2) is 17.1 Å². The van der Waals surface area contributed by atoms with Crippen LogP contribution in [-0.2, 0) is 15.9 Å². The number of hydrogen-bond acceptors (Lipinski definition) is 3. The molecular weight excluding hydrogens is 336 g/mol. The second-order valence-corrected chi connectivity index (χ2v) is 7.36. The van der Waals surface area contributed by atoms with Crippen molar-refractivity contribution in [2.75, 3.05) is 4.90 Å². The van der Waals surface area contributed by atoms with Crippen LogP contribution in [0.1, 0.15) is 18.1 Å². The molecule has 4 heteroatoms. The third-order valence-corrected chi connectivity index (χ3v) is 6.10. The summed E-state index contributed by atoms with van der Waals surface area (Å²) < 4.78 is 0. The lowest BCUT2D eigenvalue weighted by atomic mass is 9.70. The van der Waals surface area contributed by atoms with Crippen LogP contribution in [0.25, 0.3) is 0 Å². The Bertz CT molecular complexity index is 1020. The van der Waals surface area contributed by atoms with E-state index in [4.69, 9.17) is 0 Å². The molecule has 2 aliphatic rings. The van der Waals surface area contributed by atoms with Gasteiger partial charge in [0.1, 0.15) is 6.10 Å². The number of rotatable bonds is 2. The van der Waals surface area contributed by atoms with Gasteiger partial charge in [0.25, 0.3) is 5.91 Å². The third kappa shape index (κ3) is 1.83. The molecule has 1 amide bonds. The lowest BCUT2D eigenvalue weighted by Gasteiger charge is -2.45. The van der Waals surface area contributed by atoms with Crippen LogP contribution >= 0.6 is 0 Å². The summed E-state index contributed by atoms with van der Waals surface area (Å²) in [5.41, 5.74) is 2.12. The maximum Gasteiger partial charge on any atom is 0.252 e. The van der Waals surface area contributed by atoms with Gasteiger partial charge >= 0.3 is 0 Å². The SMILES string of the molecule is C[C@]12c3ccccc3N(c3ccccc3)[C@@]1(c1ccccc1)NC(=O)[C@@H]2O. The molecule has 1 saturated heterocycles. The van der Waals surface area contributed by atoms with Gasteiger partial charge in [0.05, 0.1) is 5.41 Å². The number of benzene rings is 3.